The van der Waals surface area contributed by atoms with Gasteiger partial charge in [-0.15, -0.1) is 10.2 Å². The minimum absolute atomic E-state index is 0.00596. The Labute approximate surface area is 152 Å². The van der Waals surface area contributed by atoms with Crippen LogP contribution in [-0.4, -0.2) is 38.6 Å². The Morgan fingerprint density at radius 1 is 1.19 bits per heavy atom. The van der Waals surface area contributed by atoms with E-state index in [1.807, 2.05) is 0 Å². The van der Waals surface area contributed by atoms with Crippen molar-refractivity contribution in [3.63, 3.8) is 0 Å². The number of aromatic nitrogens is 3. The predicted molar refractivity (Wildman–Crippen MR) is 91.8 cm³/mol. The zero-order valence-corrected chi connectivity index (χ0v) is 14.6. The first-order chi connectivity index (χ1) is 12.3. The maximum absolute atomic E-state index is 11.9. The van der Waals surface area contributed by atoms with E-state index in [2.05, 4.69) is 20.5 Å². The summed E-state index contributed by atoms with van der Waals surface area (Å²) in [5.74, 6) is -1.69. The molecular formula is C16H15N4O5S-. The lowest BCUT2D eigenvalue weighted by Crippen LogP contribution is -2.25. The van der Waals surface area contributed by atoms with E-state index in [1.165, 1.54) is 6.92 Å². The fourth-order valence-corrected chi connectivity index (χ4v) is 2.52. The molecule has 0 fully saturated rings. The Hall–Kier alpha value is -3.01. The van der Waals surface area contributed by atoms with Gasteiger partial charge in [0.15, 0.2) is 10.9 Å². The highest BCUT2D eigenvalue weighted by atomic mass is 32.2. The Kier molecular flexibility index (Phi) is 6.61. The highest BCUT2D eigenvalue weighted by molar-refractivity contribution is 7.99. The van der Waals surface area contributed by atoms with Gasteiger partial charge in [-0.25, -0.2) is 0 Å². The summed E-state index contributed by atoms with van der Waals surface area (Å²) < 4.78 is 0. The van der Waals surface area contributed by atoms with Gasteiger partial charge in [-0.2, -0.15) is 0 Å². The summed E-state index contributed by atoms with van der Waals surface area (Å²) in [4.78, 5) is 47.7. The first-order valence-corrected chi connectivity index (χ1v) is 8.53. The number of carboxylic acid groups (broad SMARTS) is 1. The number of hydrogen-bond acceptors (Lipinski definition) is 8. The van der Waals surface area contributed by atoms with E-state index in [9.17, 15) is 24.3 Å². The second kappa shape index (κ2) is 8.90. The molecule has 0 spiro atoms. The molecule has 0 atom stereocenters. The number of nitrogens with one attached hydrogen (secondary N) is 2. The van der Waals surface area contributed by atoms with Gasteiger partial charge < -0.3 is 15.2 Å². The predicted octanol–water partition coefficient (Wildman–Crippen LogP) is -0.219. The third-order valence-corrected chi connectivity index (χ3v) is 4.09. The number of amides is 1. The summed E-state index contributed by atoms with van der Waals surface area (Å²) in [6.45, 7) is 1.45. The van der Waals surface area contributed by atoms with Gasteiger partial charge in [0.1, 0.15) is 5.69 Å². The first kappa shape index (κ1) is 19.3. The second-order valence-electron chi connectivity index (χ2n) is 5.25. The van der Waals surface area contributed by atoms with E-state index in [4.69, 9.17) is 0 Å². The van der Waals surface area contributed by atoms with Gasteiger partial charge in [0, 0.05) is 23.6 Å². The van der Waals surface area contributed by atoms with Crippen LogP contribution in [0.3, 0.4) is 0 Å². The molecular weight excluding hydrogens is 360 g/mol. The average molecular weight is 375 g/mol. The molecule has 1 aromatic carbocycles. The molecule has 0 aliphatic carbocycles. The molecule has 1 amide bonds. The minimum Gasteiger partial charge on any atom is -0.550 e. The van der Waals surface area contributed by atoms with Gasteiger partial charge in [-0.3, -0.25) is 19.4 Å². The van der Waals surface area contributed by atoms with Crippen molar-refractivity contribution in [2.24, 2.45) is 0 Å². The Morgan fingerprint density at radius 2 is 1.88 bits per heavy atom. The largest absolute Gasteiger partial charge is 0.550 e. The Balaban J connectivity index is 1.88. The molecule has 2 N–H and O–H groups in total. The number of Topliss-reactive ketones (excluding diaryl/α,β-unsaturated/α-hetero) is 1. The molecule has 0 saturated heterocycles. The van der Waals surface area contributed by atoms with Gasteiger partial charge in [-0.1, -0.05) is 11.8 Å². The second-order valence-corrected chi connectivity index (χ2v) is 6.21. The Morgan fingerprint density at radius 3 is 2.46 bits per heavy atom. The maximum atomic E-state index is 11.9. The van der Waals surface area contributed by atoms with E-state index >= 15 is 0 Å². The number of hydrogen-bond donors (Lipinski definition) is 2. The minimum atomic E-state index is -1.28. The highest BCUT2D eigenvalue weighted by Gasteiger charge is 2.09. The van der Waals surface area contributed by atoms with Crippen LogP contribution in [0, 0.1) is 0 Å². The number of aliphatic carboxylic acids is 1. The number of benzene rings is 1. The summed E-state index contributed by atoms with van der Waals surface area (Å²) in [6, 6.07) is 6.46. The summed E-state index contributed by atoms with van der Waals surface area (Å²) in [6.07, 6.45) is -0.401. The smallest absolute Gasteiger partial charge is 0.273 e. The van der Waals surface area contributed by atoms with Crippen molar-refractivity contribution in [1.82, 2.24) is 15.2 Å². The molecule has 2 rings (SSSR count). The number of anilines is 1. The van der Waals surface area contributed by atoms with Crippen molar-refractivity contribution in [1.29, 1.82) is 0 Å². The normalized spacial score (nSPS) is 10.3. The molecule has 0 bridgehead atoms. The van der Waals surface area contributed by atoms with Crippen molar-refractivity contribution >= 4 is 35.1 Å². The van der Waals surface area contributed by atoms with Crippen LogP contribution in [0.1, 0.15) is 29.4 Å². The van der Waals surface area contributed by atoms with Crippen LogP contribution in [0.25, 0.3) is 0 Å². The lowest BCUT2D eigenvalue weighted by Gasteiger charge is -2.06. The van der Waals surface area contributed by atoms with E-state index in [1.54, 1.807) is 24.3 Å². The van der Waals surface area contributed by atoms with Gasteiger partial charge >= 0.3 is 0 Å². The zero-order valence-electron chi connectivity index (χ0n) is 13.8. The van der Waals surface area contributed by atoms with Crippen LogP contribution < -0.4 is 16.0 Å². The molecule has 136 valence electrons. The van der Waals surface area contributed by atoms with Crippen LogP contribution >= 0.6 is 11.8 Å². The maximum Gasteiger partial charge on any atom is 0.273 e. The van der Waals surface area contributed by atoms with Crippen molar-refractivity contribution in [2.45, 2.75) is 24.9 Å². The Bertz CT molecular complexity index is 879. The van der Waals surface area contributed by atoms with Crippen LogP contribution in [0.15, 0.2) is 34.2 Å². The number of ketones is 1. The van der Waals surface area contributed by atoms with Crippen molar-refractivity contribution in [3.05, 3.63) is 45.9 Å². The number of aryl methyl sites for hydroxylation is 1. The number of aromatic amines is 1. The van der Waals surface area contributed by atoms with Crippen molar-refractivity contribution in [2.75, 3.05) is 11.1 Å². The number of carboxylic acids is 1. The highest BCUT2D eigenvalue weighted by Crippen LogP contribution is 2.13. The van der Waals surface area contributed by atoms with Crippen LogP contribution in [0.4, 0.5) is 5.69 Å². The zero-order chi connectivity index (χ0) is 19.1. The number of rotatable bonds is 8. The lowest BCUT2D eigenvalue weighted by molar-refractivity contribution is -0.305. The van der Waals surface area contributed by atoms with E-state index in [-0.39, 0.29) is 41.1 Å². The van der Waals surface area contributed by atoms with E-state index in [0.29, 0.717) is 11.3 Å². The molecule has 0 aliphatic heterocycles. The topological polar surface area (TPSA) is 145 Å². The molecule has 0 radical (unpaired) electrons. The number of carbonyl (C=O) groups excluding carboxylic acids is 3. The number of carbonyl (C=O) groups is 3. The SMILES string of the molecule is CC(=O)c1ccc(NC(=O)CSc2nnc(CCC(=O)[O-])c(=O)[nH]2)cc1. The van der Waals surface area contributed by atoms with Crippen LogP contribution in [0.5, 0.6) is 0 Å². The summed E-state index contributed by atoms with van der Waals surface area (Å²) in [5, 5.41) is 20.6. The molecule has 26 heavy (non-hydrogen) atoms. The molecule has 2 aromatic rings. The summed E-state index contributed by atoms with van der Waals surface area (Å²) in [7, 11) is 0. The molecule has 1 heterocycles. The van der Waals surface area contributed by atoms with Crippen LogP contribution in [0.2, 0.25) is 0 Å². The monoisotopic (exact) mass is 375 g/mol. The first-order valence-electron chi connectivity index (χ1n) is 7.54. The molecule has 1 aromatic heterocycles. The quantitative estimate of drug-likeness (QED) is 0.476. The fourth-order valence-electron chi connectivity index (χ4n) is 1.91. The molecule has 0 saturated carbocycles. The standard InChI is InChI=1S/C16H16N4O5S/c1-9(21)10-2-4-11(5-3-10)17-13(22)8-26-16-18-15(25)12(19-20-16)6-7-14(23)24/h2-5H,6-8H2,1H3,(H,17,22)(H,23,24)(H,18,20,25)/p-1. The lowest BCUT2D eigenvalue weighted by atomic mass is 10.1. The van der Waals surface area contributed by atoms with Gasteiger partial charge in [-0.05, 0) is 37.6 Å². The average Bonchev–Trinajstić information content (AvgIpc) is 2.59. The number of H-pyrrole nitrogens is 1. The van der Waals surface area contributed by atoms with E-state index < -0.39 is 11.5 Å². The molecule has 0 aliphatic rings. The third-order valence-electron chi connectivity index (χ3n) is 3.23. The van der Waals surface area contributed by atoms with E-state index in [0.717, 1.165) is 11.8 Å². The number of thioether (sulfide) groups is 1. The van der Waals surface area contributed by atoms with Gasteiger partial charge in [0.2, 0.25) is 5.91 Å². The van der Waals surface area contributed by atoms with Gasteiger partial charge in [0.25, 0.3) is 5.56 Å². The fraction of sp³-hybridized carbons (Fsp3) is 0.250. The molecule has 9 nitrogen and oxygen atoms in total. The summed E-state index contributed by atoms with van der Waals surface area (Å²) in [5.41, 5.74) is 0.527. The van der Waals surface area contributed by atoms with Gasteiger partial charge in [0.05, 0.1) is 5.75 Å². The molecule has 10 heteroatoms. The third kappa shape index (κ3) is 5.81. The molecule has 0 unspecified atom stereocenters. The van der Waals surface area contributed by atoms with Crippen LogP contribution in [-0.2, 0) is 16.0 Å². The van der Waals surface area contributed by atoms with Crippen molar-refractivity contribution < 1.29 is 19.5 Å². The van der Waals surface area contributed by atoms with Crippen molar-refractivity contribution in [3.8, 4) is 0 Å². The number of nitrogens with zero attached hydrogens (tertiary/aromatic N) is 2. The summed E-state index contributed by atoms with van der Waals surface area (Å²) >= 11 is 0.979.